The Kier molecular flexibility index (Phi) is 4.75. The van der Waals surface area contributed by atoms with Crippen LogP contribution in [0.2, 0.25) is 0 Å². The molecule has 0 aliphatic heterocycles. The maximum Gasteiger partial charge on any atom is 0.197 e. The standard InChI is InChI=1S/C22H24N4O2/c1-26(2)11-9-14-20-17(4-3-5-18(20)27)25-21(14)15-6-7-16-19(22(15)28)13(8-10-23)12-24-16/h3-7,12,24-25H,8-11,23H2,1-2H3. The van der Waals surface area contributed by atoms with Gasteiger partial charge >= 0.3 is 0 Å². The molecule has 28 heavy (non-hydrogen) atoms. The van der Waals surface area contributed by atoms with Crippen LogP contribution in [0.1, 0.15) is 37.5 Å². The maximum absolute atomic E-state index is 13.4. The molecular formula is C22H24N4O2. The first-order valence-corrected chi connectivity index (χ1v) is 9.47. The number of nitrogens with zero attached hydrogens (tertiary/aromatic N) is 1. The first-order valence-electron chi connectivity index (χ1n) is 9.47. The summed E-state index contributed by atoms with van der Waals surface area (Å²) in [5.74, 6) is -0.0555. The molecule has 0 aromatic carbocycles. The molecule has 0 atom stereocenters. The molecule has 6 nitrogen and oxygen atoms in total. The molecule has 0 radical (unpaired) electrons. The van der Waals surface area contributed by atoms with Gasteiger partial charge in [-0.05, 0) is 68.9 Å². The van der Waals surface area contributed by atoms with Crippen molar-refractivity contribution < 1.29 is 9.59 Å². The molecule has 0 spiro atoms. The lowest BCUT2D eigenvalue weighted by Crippen LogP contribution is -2.24. The monoisotopic (exact) mass is 376 g/mol. The molecule has 0 saturated heterocycles. The molecule has 2 aromatic rings. The highest BCUT2D eigenvalue weighted by Gasteiger charge is 2.26. The third-order valence-corrected chi connectivity index (χ3v) is 5.26. The highest BCUT2D eigenvalue weighted by atomic mass is 16.1. The Morgan fingerprint density at radius 1 is 1.07 bits per heavy atom. The summed E-state index contributed by atoms with van der Waals surface area (Å²) in [5, 5.41) is 1.51. The van der Waals surface area contributed by atoms with Gasteiger partial charge in [-0.2, -0.15) is 0 Å². The van der Waals surface area contributed by atoms with E-state index < -0.39 is 0 Å². The van der Waals surface area contributed by atoms with E-state index in [9.17, 15) is 9.59 Å². The summed E-state index contributed by atoms with van der Waals surface area (Å²) >= 11 is 0. The Morgan fingerprint density at radius 2 is 1.89 bits per heavy atom. The molecule has 2 aliphatic rings. The molecule has 0 fully saturated rings. The van der Waals surface area contributed by atoms with E-state index in [1.54, 1.807) is 12.2 Å². The lowest BCUT2D eigenvalue weighted by Gasteiger charge is -2.12. The number of likely N-dealkylation sites (N-methyl/N-ethyl adjacent to an activating group) is 1. The van der Waals surface area contributed by atoms with Crippen molar-refractivity contribution >= 4 is 29.3 Å². The summed E-state index contributed by atoms with van der Waals surface area (Å²) in [6.07, 6.45) is 12.1. The number of hydrogen-bond acceptors (Lipinski definition) is 4. The third kappa shape index (κ3) is 3.00. The fourth-order valence-corrected chi connectivity index (χ4v) is 3.91. The average Bonchev–Trinajstić information content (AvgIpc) is 3.23. The molecule has 2 aliphatic carbocycles. The van der Waals surface area contributed by atoms with Gasteiger partial charge in [0.1, 0.15) is 0 Å². The number of nitrogens with two attached hydrogens (primary N) is 1. The van der Waals surface area contributed by atoms with Crippen LogP contribution in [0.25, 0.3) is 17.7 Å². The second kappa shape index (κ2) is 7.22. The van der Waals surface area contributed by atoms with E-state index in [0.717, 1.165) is 34.1 Å². The minimum absolute atomic E-state index is 0.0206. The number of nitrogens with one attached hydrogen (secondary N) is 2. The van der Waals surface area contributed by atoms with Crippen LogP contribution in [0.5, 0.6) is 0 Å². The molecule has 4 N–H and O–H groups in total. The van der Waals surface area contributed by atoms with E-state index in [4.69, 9.17) is 5.73 Å². The van der Waals surface area contributed by atoms with Gasteiger partial charge < -0.3 is 20.6 Å². The number of carbonyl (C=O) groups is 2. The van der Waals surface area contributed by atoms with Crippen molar-refractivity contribution in [1.82, 2.24) is 14.9 Å². The summed E-state index contributed by atoms with van der Waals surface area (Å²) in [7, 11) is 3.99. The van der Waals surface area contributed by atoms with Crippen LogP contribution in [0.15, 0.2) is 24.4 Å². The minimum Gasteiger partial charge on any atom is -0.361 e. The van der Waals surface area contributed by atoms with Crippen molar-refractivity contribution in [3.05, 3.63) is 63.1 Å². The number of fused-ring (bicyclic) bond motifs is 2. The Balaban J connectivity index is 1.93. The van der Waals surface area contributed by atoms with Gasteiger partial charge in [-0.15, -0.1) is 0 Å². The molecule has 2 aromatic heterocycles. The minimum atomic E-state index is -0.0349. The Morgan fingerprint density at radius 3 is 2.64 bits per heavy atom. The van der Waals surface area contributed by atoms with Gasteiger partial charge in [0.25, 0.3) is 0 Å². The highest BCUT2D eigenvalue weighted by molar-refractivity contribution is 6.31. The lowest BCUT2D eigenvalue weighted by molar-refractivity contribution is 0.103. The number of aromatic nitrogens is 2. The Bertz CT molecular complexity index is 1140. The SMILES string of the molecule is CN(C)CCc1c2c([nH]c1=C1C=Cc3[nH]cc(CCN)c3C1=O)=CC=CC2=O. The van der Waals surface area contributed by atoms with Crippen molar-refractivity contribution in [3.8, 4) is 0 Å². The zero-order valence-corrected chi connectivity index (χ0v) is 16.1. The molecule has 0 bridgehead atoms. The van der Waals surface area contributed by atoms with Crippen LogP contribution in [0.4, 0.5) is 0 Å². The number of rotatable bonds is 5. The van der Waals surface area contributed by atoms with Gasteiger partial charge in [0.2, 0.25) is 0 Å². The van der Waals surface area contributed by atoms with Gasteiger partial charge in [0, 0.05) is 24.0 Å². The van der Waals surface area contributed by atoms with E-state index >= 15 is 0 Å². The summed E-state index contributed by atoms with van der Waals surface area (Å²) in [5.41, 5.74) is 10.3. The van der Waals surface area contributed by atoms with E-state index in [0.29, 0.717) is 36.1 Å². The van der Waals surface area contributed by atoms with Crippen LogP contribution in [-0.4, -0.2) is 53.6 Å². The van der Waals surface area contributed by atoms with Gasteiger partial charge in [0.15, 0.2) is 11.6 Å². The molecule has 4 rings (SSSR count). The van der Waals surface area contributed by atoms with Crippen molar-refractivity contribution in [2.75, 3.05) is 27.2 Å². The summed E-state index contributed by atoms with van der Waals surface area (Å²) < 4.78 is 0. The largest absolute Gasteiger partial charge is 0.361 e. The molecular weight excluding hydrogens is 352 g/mol. The zero-order valence-electron chi connectivity index (χ0n) is 16.1. The number of aromatic amines is 2. The smallest absolute Gasteiger partial charge is 0.197 e. The molecule has 0 amide bonds. The van der Waals surface area contributed by atoms with E-state index in [1.807, 2.05) is 38.5 Å². The second-order valence-electron chi connectivity index (χ2n) is 7.43. The normalized spacial score (nSPS) is 17.1. The average molecular weight is 376 g/mol. The first kappa shape index (κ1) is 18.4. The van der Waals surface area contributed by atoms with Crippen LogP contribution in [0.3, 0.4) is 0 Å². The lowest BCUT2D eigenvalue weighted by atomic mass is 9.91. The highest BCUT2D eigenvalue weighted by Crippen LogP contribution is 2.26. The predicted molar refractivity (Wildman–Crippen MR) is 111 cm³/mol. The van der Waals surface area contributed by atoms with E-state index in [1.165, 1.54) is 0 Å². The number of ketones is 2. The quantitative estimate of drug-likeness (QED) is 0.710. The van der Waals surface area contributed by atoms with Gasteiger partial charge in [-0.1, -0.05) is 6.08 Å². The van der Waals surface area contributed by atoms with Crippen LogP contribution in [0, 0.1) is 0 Å². The summed E-state index contributed by atoms with van der Waals surface area (Å²) in [4.78, 5) is 34.5. The zero-order chi connectivity index (χ0) is 19.8. The van der Waals surface area contributed by atoms with Crippen LogP contribution >= 0.6 is 0 Å². The first-order chi connectivity index (χ1) is 13.5. The number of carbonyl (C=O) groups excluding carboxylic acids is 2. The number of H-pyrrole nitrogens is 2. The van der Waals surface area contributed by atoms with Crippen molar-refractivity contribution in [2.45, 2.75) is 12.8 Å². The number of Topliss-reactive ketones (excluding diaryl/α,β-unsaturated/α-hetero) is 1. The fourth-order valence-electron chi connectivity index (χ4n) is 3.91. The topological polar surface area (TPSA) is 95.0 Å². The molecule has 0 unspecified atom stereocenters. The molecule has 2 heterocycles. The van der Waals surface area contributed by atoms with Crippen molar-refractivity contribution in [1.29, 1.82) is 0 Å². The predicted octanol–water partition coefficient (Wildman–Crippen LogP) is 0.542. The Labute approximate surface area is 163 Å². The molecule has 144 valence electrons. The summed E-state index contributed by atoms with van der Waals surface area (Å²) in [6, 6.07) is 0. The van der Waals surface area contributed by atoms with Crippen LogP contribution in [-0.2, 0) is 12.8 Å². The Hall–Kier alpha value is -2.96. The molecule has 0 saturated carbocycles. The van der Waals surface area contributed by atoms with E-state index in [-0.39, 0.29) is 11.6 Å². The maximum atomic E-state index is 13.4. The fraction of sp³-hybridized carbons (Fsp3) is 0.273. The second-order valence-corrected chi connectivity index (χ2v) is 7.43. The summed E-state index contributed by atoms with van der Waals surface area (Å²) in [6.45, 7) is 1.27. The van der Waals surface area contributed by atoms with E-state index in [2.05, 4.69) is 14.9 Å². The van der Waals surface area contributed by atoms with Gasteiger partial charge in [0.05, 0.1) is 21.8 Å². The third-order valence-electron chi connectivity index (χ3n) is 5.26. The van der Waals surface area contributed by atoms with Gasteiger partial charge in [-0.3, -0.25) is 9.59 Å². The van der Waals surface area contributed by atoms with Crippen LogP contribution < -0.4 is 16.4 Å². The number of hydrogen-bond donors (Lipinski definition) is 3. The number of allylic oxidation sites excluding steroid dienone is 3. The molecule has 6 heteroatoms. The van der Waals surface area contributed by atoms with Crippen molar-refractivity contribution in [3.63, 3.8) is 0 Å². The van der Waals surface area contributed by atoms with Crippen molar-refractivity contribution in [2.24, 2.45) is 5.73 Å². The van der Waals surface area contributed by atoms with Gasteiger partial charge in [-0.25, -0.2) is 0 Å².